The van der Waals surface area contributed by atoms with Crippen molar-refractivity contribution < 1.29 is 4.79 Å². The molecule has 1 fully saturated rings. The minimum absolute atomic E-state index is 0.0470. The van der Waals surface area contributed by atoms with E-state index in [0.717, 1.165) is 50.5 Å². The summed E-state index contributed by atoms with van der Waals surface area (Å²) >= 11 is 1.62. The third-order valence-corrected chi connectivity index (χ3v) is 4.52. The minimum atomic E-state index is 0.0470. The van der Waals surface area contributed by atoms with E-state index < -0.39 is 0 Å². The van der Waals surface area contributed by atoms with Gasteiger partial charge in [0.15, 0.2) is 0 Å². The fourth-order valence-electron chi connectivity index (χ4n) is 2.64. The molecule has 6 nitrogen and oxygen atoms in total. The second-order valence-corrected chi connectivity index (χ2v) is 6.00. The summed E-state index contributed by atoms with van der Waals surface area (Å²) in [5, 5.41) is 2.08. The number of aromatic nitrogens is 3. The van der Waals surface area contributed by atoms with Crippen LogP contribution in [0.25, 0.3) is 0 Å². The molecule has 2 aromatic heterocycles. The Kier molecular flexibility index (Phi) is 4.74. The van der Waals surface area contributed by atoms with Crippen LogP contribution in [0.1, 0.15) is 28.7 Å². The van der Waals surface area contributed by atoms with Crippen molar-refractivity contribution >= 4 is 17.2 Å². The second-order valence-electron chi connectivity index (χ2n) is 5.28. The van der Waals surface area contributed by atoms with Gasteiger partial charge in [-0.2, -0.15) is 0 Å². The van der Waals surface area contributed by atoms with Gasteiger partial charge < -0.3 is 4.90 Å². The van der Waals surface area contributed by atoms with Gasteiger partial charge in [-0.25, -0.2) is 15.0 Å². The van der Waals surface area contributed by atoms with E-state index in [1.54, 1.807) is 17.5 Å². The van der Waals surface area contributed by atoms with Gasteiger partial charge in [-0.15, -0.1) is 11.3 Å². The Hall–Kier alpha value is -1.86. The average Bonchev–Trinajstić information content (AvgIpc) is 3.08. The molecule has 0 aromatic carbocycles. The predicted octanol–water partition coefficient (Wildman–Crippen LogP) is 1.45. The molecule has 0 spiro atoms. The molecule has 3 rings (SSSR count). The molecule has 2 aromatic rings. The highest BCUT2D eigenvalue weighted by molar-refractivity contribution is 7.07. The van der Waals surface area contributed by atoms with Gasteiger partial charge in [-0.3, -0.25) is 9.69 Å². The molecule has 0 atom stereocenters. The monoisotopic (exact) mass is 317 g/mol. The predicted molar refractivity (Wildman–Crippen MR) is 84.7 cm³/mol. The highest BCUT2D eigenvalue weighted by Gasteiger charge is 2.24. The van der Waals surface area contributed by atoms with Gasteiger partial charge >= 0.3 is 0 Å². The normalized spacial score (nSPS) is 16.0. The lowest BCUT2D eigenvalue weighted by atomic mass is 10.1. The molecule has 0 N–H and O–H groups in total. The third kappa shape index (κ3) is 3.31. The van der Waals surface area contributed by atoms with E-state index in [2.05, 4.69) is 25.2 Å². The summed E-state index contributed by atoms with van der Waals surface area (Å²) in [5.74, 6) is 0.0470. The van der Waals surface area contributed by atoms with Gasteiger partial charge in [0.05, 0.1) is 22.5 Å². The summed E-state index contributed by atoms with van der Waals surface area (Å²) in [6, 6.07) is 0. The van der Waals surface area contributed by atoms with E-state index in [9.17, 15) is 4.79 Å². The molecule has 1 saturated heterocycles. The van der Waals surface area contributed by atoms with Gasteiger partial charge in [0, 0.05) is 44.3 Å². The molecule has 0 saturated carbocycles. The molecule has 3 heterocycles. The lowest BCUT2D eigenvalue weighted by molar-refractivity contribution is 0.0625. The van der Waals surface area contributed by atoms with Crippen LogP contribution in [0.5, 0.6) is 0 Å². The summed E-state index contributed by atoms with van der Waals surface area (Å²) < 4.78 is 0. The molecule has 0 radical (unpaired) electrons. The Morgan fingerprint density at radius 2 is 2.09 bits per heavy atom. The number of piperazine rings is 1. The first-order valence-corrected chi connectivity index (χ1v) is 8.39. The largest absolute Gasteiger partial charge is 0.336 e. The molecular formula is C15H19N5OS. The fourth-order valence-corrected chi connectivity index (χ4v) is 3.19. The summed E-state index contributed by atoms with van der Waals surface area (Å²) in [5.41, 5.74) is 4.42. The summed E-state index contributed by atoms with van der Waals surface area (Å²) in [7, 11) is 0. The maximum atomic E-state index is 12.6. The van der Waals surface area contributed by atoms with Crippen LogP contribution >= 0.6 is 11.3 Å². The standard InChI is InChI=1S/C15H19N5OS/c1-2-14-13(7-16-10-17-14)15(21)20-5-3-19(4-6-20)8-12-9-22-11-18-12/h7,9-11H,2-6,8H2,1H3. The molecule has 1 aliphatic rings. The zero-order chi connectivity index (χ0) is 15.4. The molecule has 0 bridgehead atoms. The van der Waals surface area contributed by atoms with Crippen LogP contribution in [0.2, 0.25) is 0 Å². The molecule has 0 aliphatic carbocycles. The zero-order valence-electron chi connectivity index (χ0n) is 12.6. The van der Waals surface area contributed by atoms with E-state index in [-0.39, 0.29) is 5.91 Å². The van der Waals surface area contributed by atoms with Crippen molar-refractivity contribution in [1.29, 1.82) is 0 Å². The van der Waals surface area contributed by atoms with Crippen LogP contribution in [0, 0.1) is 0 Å². The second kappa shape index (κ2) is 6.93. The lowest BCUT2D eigenvalue weighted by Gasteiger charge is -2.34. The van der Waals surface area contributed by atoms with Crippen molar-refractivity contribution in [3.8, 4) is 0 Å². The third-order valence-electron chi connectivity index (χ3n) is 3.89. The topological polar surface area (TPSA) is 62.2 Å². The van der Waals surface area contributed by atoms with Crippen LogP contribution in [0.15, 0.2) is 23.4 Å². The number of rotatable bonds is 4. The van der Waals surface area contributed by atoms with Crippen molar-refractivity contribution in [3.05, 3.63) is 40.4 Å². The quantitative estimate of drug-likeness (QED) is 0.854. The van der Waals surface area contributed by atoms with Crippen molar-refractivity contribution in [2.24, 2.45) is 0 Å². The van der Waals surface area contributed by atoms with Crippen LogP contribution in [-0.2, 0) is 13.0 Å². The summed E-state index contributed by atoms with van der Waals surface area (Å²) in [6.07, 6.45) is 3.88. The van der Waals surface area contributed by atoms with Crippen molar-refractivity contribution in [2.75, 3.05) is 26.2 Å². The van der Waals surface area contributed by atoms with Crippen LogP contribution in [0.4, 0.5) is 0 Å². The first kappa shape index (κ1) is 15.1. The van der Waals surface area contributed by atoms with Gasteiger partial charge in [-0.05, 0) is 6.42 Å². The fraction of sp³-hybridized carbons (Fsp3) is 0.467. The Labute approximate surface area is 133 Å². The number of aryl methyl sites for hydroxylation is 1. The van der Waals surface area contributed by atoms with Crippen molar-refractivity contribution in [2.45, 2.75) is 19.9 Å². The Bertz CT molecular complexity index is 623. The number of carbonyl (C=O) groups excluding carboxylic acids is 1. The minimum Gasteiger partial charge on any atom is -0.336 e. The molecule has 116 valence electrons. The van der Waals surface area contributed by atoms with E-state index in [0.29, 0.717) is 5.56 Å². The number of carbonyl (C=O) groups is 1. The molecular weight excluding hydrogens is 298 g/mol. The van der Waals surface area contributed by atoms with E-state index in [1.807, 2.05) is 17.3 Å². The van der Waals surface area contributed by atoms with E-state index in [4.69, 9.17) is 0 Å². The Morgan fingerprint density at radius 3 is 2.77 bits per heavy atom. The van der Waals surface area contributed by atoms with E-state index >= 15 is 0 Å². The van der Waals surface area contributed by atoms with Gasteiger partial charge in [0.1, 0.15) is 6.33 Å². The number of thiazole rings is 1. The molecule has 1 aliphatic heterocycles. The summed E-state index contributed by atoms with van der Waals surface area (Å²) in [6.45, 7) is 6.09. The first-order valence-electron chi connectivity index (χ1n) is 7.45. The van der Waals surface area contributed by atoms with Crippen molar-refractivity contribution in [1.82, 2.24) is 24.8 Å². The maximum absolute atomic E-state index is 12.6. The Balaban J connectivity index is 1.60. The molecule has 1 amide bonds. The van der Waals surface area contributed by atoms with Gasteiger partial charge in [-0.1, -0.05) is 6.92 Å². The number of nitrogens with zero attached hydrogens (tertiary/aromatic N) is 5. The van der Waals surface area contributed by atoms with E-state index in [1.165, 1.54) is 6.33 Å². The van der Waals surface area contributed by atoms with Gasteiger partial charge in [0.25, 0.3) is 5.91 Å². The highest BCUT2D eigenvalue weighted by Crippen LogP contribution is 2.13. The zero-order valence-corrected chi connectivity index (χ0v) is 13.4. The van der Waals surface area contributed by atoms with Crippen molar-refractivity contribution in [3.63, 3.8) is 0 Å². The SMILES string of the molecule is CCc1ncncc1C(=O)N1CCN(Cc2cscn2)CC1. The number of hydrogen-bond donors (Lipinski definition) is 0. The van der Waals surface area contributed by atoms with Gasteiger partial charge in [0.2, 0.25) is 0 Å². The first-order chi connectivity index (χ1) is 10.8. The van der Waals surface area contributed by atoms with Crippen LogP contribution < -0.4 is 0 Å². The Morgan fingerprint density at radius 1 is 1.27 bits per heavy atom. The molecule has 22 heavy (non-hydrogen) atoms. The smallest absolute Gasteiger partial charge is 0.257 e. The number of hydrogen-bond acceptors (Lipinski definition) is 6. The number of amides is 1. The lowest BCUT2D eigenvalue weighted by Crippen LogP contribution is -2.48. The molecule has 0 unspecified atom stereocenters. The van der Waals surface area contributed by atoms with Crippen LogP contribution in [0.3, 0.4) is 0 Å². The summed E-state index contributed by atoms with van der Waals surface area (Å²) in [4.78, 5) is 29.4. The highest BCUT2D eigenvalue weighted by atomic mass is 32.1. The molecule has 7 heteroatoms. The van der Waals surface area contributed by atoms with Crippen LogP contribution in [-0.4, -0.2) is 56.8 Å². The maximum Gasteiger partial charge on any atom is 0.257 e. The average molecular weight is 317 g/mol.